The molecule has 0 aliphatic heterocycles. The maximum Gasteiger partial charge on any atom is 0.253 e. The third-order valence-electron chi connectivity index (χ3n) is 3.58. The van der Waals surface area contributed by atoms with Gasteiger partial charge in [-0.1, -0.05) is 53.5 Å². The van der Waals surface area contributed by atoms with Crippen molar-refractivity contribution in [3.63, 3.8) is 0 Å². The van der Waals surface area contributed by atoms with Gasteiger partial charge in [0.1, 0.15) is 0 Å². The Labute approximate surface area is 150 Å². The van der Waals surface area contributed by atoms with Crippen LogP contribution in [0.4, 0.5) is 0 Å². The molecule has 3 aromatic rings. The minimum atomic E-state index is -0.247. The van der Waals surface area contributed by atoms with Crippen molar-refractivity contribution in [2.45, 2.75) is 13.1 Å². The standard InChI is InChI=1S/C18H15Cl2N3O/c19-16-4-1-3-15(17(16)20)18(24)21-11-13-5-7-14(8-6-13)12-23-10-2-9-22-23/h1-10H,11-12H2,(H,21,24). The molecule has 0 aliphatic carbocycles. The zero-order chi connectivity index (χ0) is 16.9. The van der Waals surface area contributed by atoms with E-state index in [2.05, 4.69) is 10.4 Å². The van der Waals surface area contributed by atoms with Crippen LogP contribution < -0.4 is 5.32 Å². The number of nitrogens with zero attached hydrogens (tertiary/aromatic N) is 2. The monoisotopic (exact) mass is 359 g/mol. The molecule has 0 fully saturated rings. The molecule has 24 heavy (non-hydrogen) atoms. The predicted octanol–water partition coefficient (Wildman–Crippen LogP) is 4.17. The Balaban J connectivity index is 1.60. The second kappa shape index (κ2) is 7.51. The molecule has 0 unspecified atom stereocenters. The molecule has 0 spiro atoms. The minimum absolute atomic E-state index is 0.247. The van der Waals surface area contributed by atoms with E-state index in [9.17, 15) is 4.79 Å². The van der Waals surface area contributed by atoms with Crippen LogP contribution in [0.1, 0.15) is 21.5 Å². The molecule has 2 aromatic carbocycles. The quantitative estimate of drug-likeness (QED) is 0.742. The number of nitrogens with one attached hydrogen (secondary N) is 1. The van der Waals surface area contributed by atoms with Crippen molar-refractivity contribution in [1.82, 2.24) is 15.1 Å². The molecule has 3 rings (SSSR count). The smallest absolute Gasteiger partial charge is 0.253 e. The van der Waals surface area contributed by atoms with E-state index >= 15 is 0 Å². The van der Waals surface area contributed by atoms with E-state index in [0.717, 1.165) is 17.7 Å². The lowest BCUT2D eigenvalue weighted by molar-refractivity contribution is 0.0951. The van der Waals surface area contributed by atoms with Crippen molar-refractivity contribution in [3.8, 4) is 0 Å². The van der Waals surface area contributed by atoms with E-state index in [1.54, 1.807) is 24.4 Å². The number of benzene rings is 2. The van der Waals surface area contributed by atoms with Crippen LogP contribution in [0.2, 0.25) is 10.0 Å². The van der Waals surface area contributed by atoms with Crippen LogP contribution in [0.5, 0.6) is 0 Å². The summed E-state index contributed by atoms with van der Waals surface area (Å²) in [6.07, 6.45) is 3.67. The van der Waals surface area contributed by atoms with Crippen LogP contribution in [0, 0.1) is 0 Å². The SMILES string of the molecule is O=C(NCc1ccc(Cn2cccn2)cc1)c1cccc(Cl)c1Cl. The molecule has 0 bridgehead atoms. The van der Waals surface area contributed by atoms with E-state index < -0.39 is 0 Å². The molecule has 122 valence electrons. The van der Waals surface area contributed by atoms with Gasteiger partial charge >= 0.3 is 0 Å². The first kappa shape index (κ1) is 16.6. The number of hydrogen-bond donors (Lipinski definition) is 1. The van der Waals surface area contributed by atoms with Gasteiger partial charge in [-0.15, -0.1) is 0 Å². The Kier molecular flexibility index (Phi) is 5.18. The largest absolute Gasteiger partial charge is 0.348 e. The molecule has 0 saturated heterocycles. The summed E-state index contributed by atoms with van der Waals surface area (Å²) >= 11 is 12.0. The number of aromatic nitrogens is 2. The van der Waals surface area contributed by atoms with E-state index in [4.69, 9.17) is 23.2 Å². The Morgan fingerprint density at radius 3 is 2.50 bits per heavy atom. The van der Waals surface area contributed by atoms with Gasteiger partial charge in [0, 0.05) is 18.9 Å². The summed E-state index contributed by atoms with van der Waals surface area (Å²) < 4.78 is 1.86. The summed E-state index contributed by atoms with van der Waals surface area (Å²) in [6.45, 7) is 1.14. The fourth-order valence-corrected chi connectivity index (χ4v) is 2.69. The zero-order valence-corrected chi connectivity index (χ0v) is 14.3. The van der Waals surface area contributed by atoms with Gasteiger partial charge in [0.2, 0.25) is 0 Å². The van der Waals surface area contributed by atoms with Gasteiger partial charge in [-0.05, 0) is 29.3 Å². The molecular formula is C18H15Cl2N3O. The minimum Gasteiger partial charge on any atom is -0.348 e. The molecular weight excluding hydrogens is 345 g/mol. The summed E-state index contributed by atoms with van der Waals surface area (Å²) in [5.74, 6) is -0.247. The van der Waals surface area contributed by atoms with Crippen LogP contribution in [0.25, 0.3) is 0 Å². The summed E-state index contributed by atoms with van der Waals surface area (Å²) in [4.78, 5) is 12.2. The predicted molar refractivity (Wildman–Crippen MR) is 95.4 cm³/mol. The first-order chi connectivity index (χ1) is 11.6. The molecule has 6 heteroatoms. The molecule has 1 aromatic heterocycles. The lowest BCUT2D eigenvalue weighted by Gasteiger charge is -2.08. The second-order valence-corrected chi connectivity index (χ2v) is 6.09. The Morgan fingerprint density at radius 1 is 1.04 bits per heavy atom. The van der Waals surface area contributed by atoms with Crippen molar-refractivity contribution in [1.29, 1.82) is 0 Å². The van der Waals surface area contributed by atoms with E-state index in [1.807, 2.05) is 41.2 Å². The van der Waals surface area contributed by atoms with Crippen molar-refractivity contribution < 1.29 is 4.79 Å². The number of halogens is 2. The van der Waals surface area contributed by atoms with Crippen LogP contribution in [-0.2, 0) is 13.1 Å². The van der Waals surface area contributed by atoms with Gasteiger partial charge in [-0.3, -0.25) is 9.48 Å². The molecule has 0 radical (unpaired) electrons. The molecule has 1 N–H and O–H groups in total. The zero-order valence-electron chi connectivity index (χ0n) is 12.7. The first-order valence-corrected chi connectivity index (χ1v) is 8.16. The fraction of sp³-hybridized carbons (Fsp3) is 0.111. The van der Waals surface area contributed by atoms with Crippen molar-refractivity contribution in [2.75, 3.05) is 0 Å². The second-order valence-electron chi connectivity index (χ2n) is 5.30. The molecule has 0 atom stereocenters. The van der Waals surface area contributed by atoms with E-state index in [-0.39, 0.29) is 10.9 Å². The van der Waals surface area contributed by atoms with Gasteiger partial charge in [0.05, 0.1) is 22.2 Å². The maximum atomic E-state index is 12.2. The topological polar surface area (TPSA) is 46.9 Å². The highest BCUT2D eigenvalue weighted by molar-refractivity contribution is 6.43. The summed E-state index contributed by atoms with van der Waals surface area (Å²) in [5, 5.41) is 7.67. The van der Waals surface area contributed by atoms with Gasteiger partial charge in [0.15, 0.2) is 0 Å². The van der Waals surface area contributed by atoms with E-state index in [0.29, 0.717) is 17.1 Å². The number of amides is 1. The third-order valence-corrected chi connectivity index (χ3v) is 4.39. The molecule has 4 nitrogen and oxygen atoms in total. The van der Waals surface area contributed by atoms with Crippen molar-refractivity contribution in [2.24, 2.45) is 0 Å². The lowest BCUT2D eigenvalue weighted by Crippen LogP contribution is -2.23. The Hall–Kier alpha value is -2.30. The fourth-order valence-electron chi connectivity index (χ4n) is 2.30. The average Bonchev–Trinajstić information content (AvgIpc) is 3.09. The Bertz CT molecular complexity index is 830. The summed E-state index contributed by atoms with van der Waals surface area (Å²) in [7, 11) is 0. The highest BCUT2D eigenvalue weighted by atomic mass is 35.5. The third kappa shape index (κ3) is 3.96. The first-order valence-electron chi connectivity index (χ1n) is 7.41. The van der Waals surface area contributed by atoms with Crippen LogP contribution in [0.3, 0.4) is 0 Å². The number of carbonyl (C=O) groups excluding carboxylic acids is 1. The Morgan fingerprint density at radius 2 is 1.79 bits per heavy atom. The summed E-state index contributed by atoms with van der Waals surface area (Å²) in [6, 6.07) is 14.9. The van der Waals surface area contributed by atoms with Gasteiger partial charge in [0.25, 0.3) is 5.91 Å². The average molecular weight is 360 g/mol. The van der Waals surface area contributed by atoms with Crippen LogP contribution in [-0.4, -0.2) is 15.7 Å². The van der Waals surface area contributed by atoms with Crippen molar-refractivity contribution in [3.05, 3.63) is 87.7 Å². The van der Waals surface area contributed by atoms with Gasteiger partial charge in [-0.2, -0.15) is 5.10 Å². The maximum absolute atomic E-state index is 12.2. The number of rotatable bonds is 5. The van der Waals surface area contributed by atoms with E-state index in [1.165, 1.54) is 0 Å². The summed E-state index contributed by atoms with van der Waals surface area (Å²) in [5.41, 5.74) is 2.52. The molecule has 1 amide bonds. The highest BCUT2D eigenvalue weighted by Gasteiger charge is 2.12. The normalized spacial score (nSPS) is 10.6. The van der Waals surface area contributed by atoms with Gasteiger partial charge < -0.3 is 5.32 Å². The number of hydrogen-bond acceptors (Lipinski definition) is 2. The van der Waals surface area contributed by atoms with Gasteiger partial charge in [-0.25, -0.2) is 0 Å². The lowest BCUT2D eigenvalue weighted by atomic mass is 10.1. The highest BCUT2D eigenvalue weighted by Crippen LogP contribution is 2.25. The van der Waals surface area contributed by atoms with Crippen LogP contribution in [0.15, 0.2) is 60.9 Å². The molecule has 0 aliphatic rings. The molecule has 1 heterocycles. The van der Waals surface area contributed by atoms with Crippen LogP contribution >= 0.6 is 23.2 Å². The van der Waals surface area contributed by atoms with Crippen molar-refractivity contribution >= 4 is 29.1 Å². The number of carbonyl (C=O) groups is 1. The molecule has 0 saturated carbocycles.